The van der Waals surface area contributed by atoms with E-state index >= 15 is 0 Å². The van der Waals surface area contributed by atoms with Crippen LogP contribution in [0.3, 0.4) is 0 Å². The monoisotopic (exact) mass is 289 g/mol. The molecule has 0 saturated carbocycles. The number of methoxy groups -OCH3 is 2. The smallest absolute Gasteiger partial charge is 0.201 e. The lowest BCUT2D eigenvalue weighted by molar-refractivity contribution is -0.108. The molecule has 0 aliphatic heterocycles. The van der Waals surface area contributed by atoms with Gasteiger partial charge in [-0.1, -0.05) is 0 Å². The fourth-order valence-electron chi connectivity index (χ4n) is 1.54. The second kappa shape index (κ2) is 5.68. The van der Waals surface area contributed by atoms with Gasteiger partial charge < -0.3 is 9.47 Å². The summed E-state index contributed by atoms with van der Waals surface area (Å²) in [4.78, 5) is 4.15. The van der Waals surface area contributed by atoms with Crippen LogP contribution >= 0.6 is 11.3 Å². The van der Waals surface area contributed by atoms with Gasteiger partial charge in [-0.25, -0.2) is 18.2 Å². The van der Waals surface area contributed by atoms with Crippen LogP contribution in [-0.2, 0) is 9.47 Å². The molecule has 0 fully saturated rings. The number of aromatic nitrogens is 1. The molecule has 0 atom stereocenters. The number of benzene rings is 1. The minimum absolute atomic E-state index is 0.165. The Morgan fingerprint density at radius 2 is 1.68 bits per heavy atom. The quantitative estimate of drug-likeness (QED) is 0.637. The summed E-state index contributed by atoms with van der Waals surface area (Å²) in [6.07, 6.45) is -0.653. The first-order chi connectivity index (χ1) is 9.06. The number of nitrogens with zero attached hydrogens (tertiary/aromatic N) is 1. The summed E-state index contributed by atoms with van der Waals surface area (Å²) in [7, 11) is 2.90. The molecular formula is C12H10F3NO2S. The van der Waals surface area contributed by atoms with Crippen LogP contribution in [-0.4, -0.2) is 19.2 Å². The van der Waals surface area contributed by atoms with E-state index in [-0.39, 0.29) is 5.56 Å². The highest BCUT2D eigenvalue weighted by Crippen LogP contribution is 2.29. The number of ether oxygens (including phenoxy) is 2. The van der Waals surface area contributed by atoms with Crippen molar-refractivity contribution in [3.63, 3.8) is 0 Å². The molecule has 1 heterocycles. The predicted octanol–water partition coefficient (Wildman–Crippen LogP) is 3.52. The maximum Gasteiger partial charge on any atom is 0.201 e. The molecule has 0 spiro atoms. The summed E-state index contributed by atoms with van der Waals surface area (Å²) in [6.45, 7) is 0. The fraction of sp³-hybridized carbons (Fsp3) is 0.250. The van der Waals surface area contributed by atoms with Gasteiger partial charge in [-0.2, -0.15) is 0 Å². The lowest BCUT2D eigenvalue weighted by atomic mass is 10.2. The molecule has 19 heavy (non-hydrogen) atoms. The molecule has 2 rings (SSSR count). The van der Waals surface area contributed by atoms with Crippen LogP contribution in [0, 0.1) is 17.5 Å². The lowest BCUT2D eigenvalue weighted by Crippen LogP contribution is -2.03. The topological polar surface area (TPSA) is 31.4 Å². The van der Waals surface area contributed by atoms with Crippen molar-refractivity contribution >= 4 is 11.3 Å². The van der Waals surface area contributed by atoms with E-state index in [2.05, 4.69) is 4.98 Å². The standard InChI is InChI=1S/C12H10F3NO2S/c1-17-12(18-2)9-5-19-11(16-9)6-3-7(13)10(15)8(14)4-6/h3-5,12H,1-2H3. The van der Waals surface area contributed by atoms with Crippen molar-refractivity contribution in [2.75, 3.05) is 14.2 Å². The van der Waals surface area contributed by atoms with Gasteiger partial charge in [0, 0.05) is 25.2 Å². The van der Waals surface area contributed by atoms with Gasteiger partial charge in [0.2, 0.25) is 6.29 Å². The van der Waals surface area contributed by atoms with E-state index in [1.807, 2.05) is 0 Å². The molecule has 1 aromatic heterocycles. The average molecular weight is 289 g/mol. The van der Waals surface area contributed by atoms with Crippen LogP contribution in [0.5, 0.6) is 0 Å². The Labute approximate surface area is 111 Å². The van der Waals surface area contributed by atoms with Crippen molar-refractivity contribution in [2.45, 2.75) is 6.29 Å². The summed E-state index contributed by atoms with van der Waals surface area (Å²) in [6, 6.07) is 1.80. The van der Waals surface area contributed by atoms with Crippen LogP contribution in [0.15, 0.2) is 17.5 Å². The van der Waals surface area contributed by atoms with Crippen molar-refractivity contribution in [1.82, 2.24) is 4.98 Å². The average Bonchev–Trinajstić information content (AvgIpc) is 2.86. The first-order valence-corrected chi connectivity index (χ1v) is 6.10. The van der Waals surface area contributed by atoms with E-state index in [4.69, 9.17) is 9.47 Å². The van der Waals surface area contributed by atoms with Gasteiger partial charge in [0.15, 0.2) is 17.5 Å². The number of thiazole rings is 1. The third kappa shape index (κ3) is 2.78. The van der Waals surface area contributed by atoms with Crippen molar-refractivity contribution in [3.8, 4) is 10.6 Å². The lowest BCUT2D eigenvalue weighted by Gasteiger charge is -2.09. The van der Waals surface area contributed by atoms with Gasteiger partial charge in [0.25, 0.3) is 0 Å². The molecule has 3 nitrogen and oxygen atoms in total. The second-order valence-corrected chi connectivity index (χ2v) is 4.49. The molecule has 0 unspecified atom stereocenters. The van der Waals surface area contributed by atoms with Crippen LogP contribution in [0.4, 0.5) is 13.2 Å². The predicted molar refractivity (Wildman–Crippen MR) is 64.2 cm³/mol. The molecule has 2 aromatic rings. The SMILES string of the molecule is COC(OC)c1csc(-c2cc(F)c(F)c(F)c2)n1. The molecule has 0 radical (unpaired) electrons. The first-order valence-electron chi connectivity index (χ1n) is 5.22. The Kier molecular flexibility index (Phi) is 4.18. The van der Waals surface area contributed by atoms with Gasteiger partial charge in [-0.15, -0.1) is 11.3 Å². The zero-order chi connectivity index (χ0) is 14.0. The molecule has 0 saturated heterocycles. The van der Waals surface area contributed by atoms with Crippen molar-refractivity contribution in [3.05, 3.63) is 40.7 Å². The van der Waals surface area contributed by atoms with Crippen molar-refractivity contribution < 1.29 is 22.6 Å². The Morgan fingerprint density at radius 3 is 2.21 bits per heavy atom. The molecule has 7 heteroatoms. The summed E-state index contributed by atoms with van der Waals surface area (Å²) in [5.74, 6) is -3.99. The van der Waals surface area contributed by atoms with E-state index in [9.17, 15) is 13.2 Å². The number of hydrogen-bond donors (Lipinski definition) is 0. The van der Waals surface area contributed by atoms with E-state index in [0.717, 1.165) is 23.5 Å². The molecule has 0 aliphatic rings. The molecule has 102 valence electrons. The first kappa shape index (κ1) is 14.0. The van der Waals surface area contributed by atoms with E-state index in [1.165, 1.54) is 14.2 Å². The van der Waals surface area contributed by atoms with Crippen LogP contribution < -0.4 is 0 Å². The zero-order valence-electron chi connectivity index (χ0n) is 10.1. The molecule has 1 aromatic carbocycles. The molecule has 0 amide bonds. The van der Waals surface area contributed by atoms with E-state index < -0.39 is 23.7 Å². The maximum absolute atomic E-state index is 13.1. The van der Waals surface area contributed by atoms with Gasteiger partial charge in [-0.05, 0) is 12.1 Å². The number of rotatable bonds is 4. The minimum Gasteiger partial charge on any atom is -0.350 e. The highest BCUT2D eigenvalue weighted by molar-refractivity contribution is 7.13. The van der Waals surface area contributed by atoms with Gasteiger partial charge in [-0.3, -0.25) is 0 Å². The summed E-state index contributed by atoms with van der Waals surface area (Å²) >= 11 is 1.16. The molecule has 0 bridgehead atoms. The molecular weight excluding hydrogens is 279 g/mol. The van der Waals surface area contributed by atoms with Gasteiger partial charge in [0.05, 0.1) is 0 Å². The maximum atomic E-state index is 13.1. The number of halogens is 3. The van der Waals surface area contributed by atoms with Crippen LogP contribution in [0.2, 0.25) is 0 Å². The van der Waals surface area contributed by atoms with E-state index in [0.29, 0.717) is 10.7 Å². The number of hydrogen-bond acceptors (Lipinski definition) is 4. The van der Waals surface area contributed by atoms with Crippen LogP contribution in [0.1, 0.15) is 12.0 Å². The molecule has 0 N–H and O–H groups in total. The summed E-state index contributed by atoms with van der Waals surface area (Å²) in [5, 5.41) is 2.00. The van der Waals surface area contributed by atoms with Crippen molar-refractivity contribution in [1.29, 1.82) is 0 Å². The highest BCUT2D eigenvalue weighted by Gasteiger charge is 2.17. The molecule has 0 aliphatic carbocycles. The summed E-state index contributed by atoms with van der Waals surface area (Å²) < 4.78 is 49.2. The largest absolute Gasteiger partial charge is 0.350 e. The minimum atomic E-state index is -1.49. The zero-order valence-corrected chi connectivity index (χ0v) is 10.9. The third-order valence-electron chi connectivity index (χ3n) is 2.42. The fourth-order valence-corrected chi connectivity index (χ4v) is 2.35. The van der Waals surface area contributed by atoms with Crippen molar-refractivity contribution in [2.24, 2.45) is 0 Å². The highest BCUT2D eigenvalue weighted by atomic mass is 32.1. The van der Waals surface area contributed by atoms with Gasteiger partial charge >= 0.3 is 0 Å². The second-order valence-electron chi connectivity index (χ2n) is 3.63. The Morgan fingerprint density at radius 1 is 1.11 bits per heavy atom. The summed E-state index contributed by atoms with van der Waals surface area (Å²) in [5.41, 5.74) is 0.647. The Bertz CT molecular complexity index is 561. The Balaban J connectivity index is 2.38. The normalized spacial score (nSPS) is 11.3. The van der Waals surface area contributed by atoms with Crippen LogP contribution in [0.25, 0.3) is 10.6 Å². The van der Waals surface area contributed by atoms with E-state index in [1.54, 1.807) is 5.38 Å². The van der Waals surface area contributed by atoms with Gasteiger partial charge in [0.1, 0.15) is 10.7 Å². The third-order valence-corrected chi connectivity index (χ3v) is 3.33. The Hall–Kier alpha value is -1.44.